The third-order valence-electron chi connectivity index (χ3n) is 1.55. The molecule has 0 aliphatic rings. The Bertz CT molecular complexity index is 333. The summed E-state index contributed by atoms with van der Waals surface area (Å²) in [6.07, 6.45) is -2.85. The Labute approximate surface area is 87.2 Å². The van der Waals surface area contributed by atoms with Gasteiger partial charge in [-0.15, -0.1) is 0 Å². The zero-order chi connectivity index (χ0) is 10.7. The molecule has 0 saturated heterocycles. The summed E-state index contributed by atoms with van der Waals surface area (Å²) in [5.74, 6) is -1.32. The normalized spacial score (nSPS) is 10.7. The summed E-state index contributed by atoms with van der Waals surface area (Å²) in [6.45, 7) is 0. The van der Waals surface area contributed by atoms with Crippen LogP contribution in [0, 0.1) is 5.82 Å². The minimum absolute atomic E-state index is 0.207. The highest BCUT2D eigenvalue weighted by Gasteiger charge is 2.20. The molecule has 0 aliphatic heterocycles. The zero-order valence-corrected chi connectivity index (χ0v) is 8.82. The Balaban J connectivity index is 3.28. The molecule has 0 saturated carbocycles. The number of alkyl halides is 3. The lowest BCUT2D eigenvalue weighted by atomic mass is 10.3. The Kier molecular flexibility index (Phi) is 3.74. The number of ether oxygens (including phenoxy) is 1. The van der Waals surface area contributed by atoms with Crippen LogP contribution in [0.1, 0.15) is 17.8 Å². The van der Waals surface area contributed by atoms with E-state index in [2.05, 4.69) is 25.7 Å². The average molecular weight is 270 g/mol. The maximum absolute atomic E-state index is 13.1. The van der Waals surface area contributed by atoms with E-state index in [-0.39, 0.29) is 11.0 Å². The molecule has 1 aromatic rings. The highest BCUT2D eigenvalue weighted by Crippen LogP contribution is 2.30. The van der Waals surface area contributed by atoms with E-state index in [0.29, 0.717) is 0 Å². The topological polar surface area (TPSA) is 22.1 Å². The van der Waals surface area contributed by atoms with Crippen LogP contribution in [-0.2, 0) is 5.33 Å². The van der Waals surface area contributed by atoms with Crippen LogP contribution in [0.4, 0.5) is 13.2 Å². The molecule has 0 radical (unpaired) electrons. The van der Waals surface area contributed by atoms with E-state index in [9.17, 15) is 13.2 Å². The van der Waals surface area contributed by atoms with Crippen LogP contribution in [0.3, 0.4) is 0 Å². The highest BCUT2D eigenvalue weighted by atomic mass is 79.9. The molecule has 0 unspecified atom stereocenters. The lowest BCUT2D eigenvalue weighted by molar-refractivity contribution is 0.140. The first kappa shape index (κ1) is 11.3. The van der Waals surface area contributed by atoms with Crippen molar-refractivity contribution in [1.29, 1.82) is 0 Å². The van der Waals surface area contributed by atoms with Crippen LogP contribution in [0.15, 0.2) is 6.07 Å². The lowest BCUT2D eigenvalue weighted by Gasteiger charge is -2.09. The molecule has 0 aliphatic carbocycles. The van der Waals surface area contributed by atoms with E-state index in [4.69, 9.17) is 0 Å². The van der Waals surface area contributed by atoms with Crippen LogP contribution in [0.5, 0.6) is 5.75 Å². The number of rotatable bonds is 3. The highest BCUT2D eigenvalue weighted by molar-refractivity contribution is 9.08. The molecule has 6 heteroatoms. The molecule has 1 aromatic heterocycles. The van der Waals surface area contributed by atoms with Gasteiger partial charge in [0.1, 0.15) is 0 Å². The van der Waals surface area contributed by atoms with Crippen LogP contribution >= 0.6 is 15.9 Å². The van der Waals surface area contributed by atoms with E-state index in [0.717, 1.165) is 13.2 Å². The predicted octanol–water partition coefficient (Wildman–Crippen LogP) is 3.06. The molecule has 2 nitrogen and oxygen atoms in total. The van der Waals surface area contributed by atoms with E-state index >= 15 is 0 Å². The summed E-state index contributed by atoms with van der Waals surface area (Å²) in [5.41, 5.74) is -0.458. The zero-order valence-electron chi connectivity index (χ0n) is 7.23. The number of methoxy groups -OCH3 is 1. The van der Waals surface area contributed by atoms with E-state index in [1.807, 2.05) is 0 Å². The van der Waals surface area contributed by atoms with Gasteiger partial charge in [-0.05, 0) is 0 Å². The number of hydrogen-bond donors (Lipinski definition) is 0. The van der Waals surface area contributed by atoms with Crippen molar-refractivity contribution >= 4 is 15.9 Å². The standard InChI is InChI=1S/C8H7BrF3NO/c1-14-7-5(10)2-4(3-9)13-6(7)8(11)12/h2,8H,3H2,1H3. The first-order valence-corrected chi connectivity index (χ1v) is 4.79. The smallest absolute Gasteiger partial charge is 0.284 e. The molecule has 78 valence electrons. The molecule has 0 spiro atoms. The fourth-order valence-electron chi connectivity index (χ4n) is 0.990. The Hall–Kier alpha value is -0.780. The van der Waals surface area contributed by atoms with Crippen molar-refractivity contribution in [2.24, 2.45) is 0 Å². The number of nitrogens with zero attached hydrogens (tertiary/aromatic N) is 1. The van der Waals surface area contributed by atoms with Gasteiger partial charge in [0.05, 0.1) is 12.8 Å². The van der Waals surface area contributed by atoms with Crippen LogP contribution < -0.4 is 4.74 Å². The summed E-state index contributed by atoms with van der Waals surface area (Å²) in [6, 6.07) is 1.06. The van der Waals surface area contributed by atoms with Crippen molar-refractivity contribution < 1.29 is 17.9 Å². The monoisotopic (exact) mass is 269 g/mol. The summed E-state index contributed by atoms with van der Waals surface area (Å²) >= 11 is 3.01. The molecule has 14 heavy (non-hydrogen) atoms. The first-order valence-electron chi connectivity index (χ1n) is 3.67. The van der Waals surface area contributed by atoms with Crippen molar-refractivity contribution in [3.05, 3.63) is 23.3 Å². The molecule has 0 amide bonds. The van der Waals surface area contributed by atoms with E-state index in [1.54, 1.807) is 0 Å². The summed E-state index contributed by atoms with van der Waals surface area (Å²) < 4.78 is 42.4. The molecule has 1 rings (SSSR count). The average Bonchev–Trinajstić information content (AvgIpc) is 2.16. The van der Waals surface area contributed by atoms with Crippen molar-refractivity contribution in [1.82, 2.24) is 4.98 Å². The second-order valence-corrected chi connectivity index (χ2v) is 3.01. The minimum Gasteiger partial charge on any atom is -0.492 e. The quantitative estimate of drug-likeness (QED) is 0.787. The Morgan fingerprint density at radius 2 is 2.21 bits per heavy atom. The summed E-state index contributed by atoms with van der Waals surface area (Å²) in [5, 5.41) is 0.216. The molecule has 0 fully saturated rings. The molecule has 0 N–H and O–H groups in total. The lowest BCUT2D eigenvalue weighted by Crippen LogP contribution is -2.02. The molecule has 0 aromatic carbocycles. The Morgan fingerprint density at radius 1 is 1.57 bits per heavy atom. The third kappa shape index (κ3) is 2.17. The van der Waals surface area contributed by atoms with Gasteiger partial charge >= 0.3 is 0 Å². The second-order valence-electron chi connectivity index (χ2n) is 2.45. The van der Waals surface area contributed by atoms with Gasteiger partial charge in [-0.2, -0.15) is 0 Å². The van der Waals surface area contributed by atoms with Gasteiger partial charge < -0.3 is 4.74 Å². The maximum atomic E-state index is 13.1. The minimum atomic E-state index is -2.85. The molecule has 1 heterocycles. The van der Waals surface area contributed by atoms with Gasteiger partial charge in [-0.3, -0.25) is 0 Å². The number of pyridine rings is 1. The van der Waals surface area contributed by atoms with Crippen LogP contribution in [0.25, 0.3) is 0 Å². The van der Waals surface area contributed by atoms with Gasteiger partial charge in [0.25, 0.3) is 6.43 Å². The third-order valence-corrected chi connectivity index (χ3v) is 2.13. The Morgan fingerprint density at radius 3 is 2.64 bits per heavy atom. The van der Waals surface area contributed by atoms with Gasteiger partial charge in [0.2, 0.25) is 0 Å². The van der Waals surface area contributed by atoms with Crippen LogP contribution in [-0.4, -0.2) is 12.1 Å². The van der Waals surface area contributed by atoms with Gasteiger partial charge in [-0.25, -0.2) is 18.2 Å². The van der Waals surface area contributed by atoms with E-state index in [1.165, 1.54) is 0 Å². The van der Waals surface area contributed by atoms with Crippen molar-refractivity contribution in [2.75, 3.05) is 7.11 Å². The first-order chi connectivity index (χ1) is 6.60. The SMILES string of the molecule is COc1c(F)cc(CBr)nc1C(F)F. The summed E-state index contributed by atoms with van der Waals surface area (Å²) in [7, 11) is 1.12. The number of hydrogen-bond acceptors (Lipinski definition) is 2. The maximum Gasteiger partial charge on any atom is 0.284 e. The van der Waals surface area contributed by atoms with Gasteiger partial charge in [-0.1, -0.05) is 15.9 Å². The van der Waals surface area contributed by atoms with Crippen molar-refractivity contribution in [3.8, 4) is 5.75 Å². The van der Waals surface area contributed by atoms with Crippen molar-refractivity contribution in [2.45, 2.75) is 11.8 Å². The predicted molar refractivity (Wildman–Crippen MR) is 48.3 cm³/mol. The molecular formula is C8H7BrF3NO. The number of aromatic nitrogens is 1. The number of halogens is 4. The van der Waals surface area contributed by atoms with Gasteiger partial charge in [0, 0.05) is 11.4 Å². The second kappa shape index (κ2) is 4.63. The fraction of sp³-hybridized carbons (Fsp3) is 0.375. The van der Waals surface area contributed by atoms with Gasteiger partial charge in [0.15, 0.2) is 17.3 Å². The molecule has 0 atom stereocenters. The molecule has 0 bridgehead atoms. The fourth-order valence-corrected chi connectivity index (χ4v) is 1.28. The van der Waals surface area contributed by atoms with E-state index < -0.39 is 23.7 Å². The van der Waals surface area contributed by atoms with Crippen molar-refractivity contribution in [3.63, 3.8) is 0 Å². The summed E-state index contributed by atoms with van der Waals surface area (Å²) in [4.78, 5) is 3.56. The largest absolute Gasteiger partial charge is 0.492 e. The van der Waals surface area contributed by atoms with Crippen LogP contribution in [0.2, 0.25) is 0 Å². The molecular weight excluding hydrogens is 263 g/mol.